The first-order chi connectivity index (χ1) is 15.2. The van der Waals surface area contributed by atoms with Crippen LogP contribution in [0.4, 0.5) is 0 Å². The minimum atomic E-state index is 0.104. The fourth-order valence-electron chi connectivity index (χ4n) is 4.31. The van der Waals surface area contributed by atoms with Crippen molar-refractivity contribution in [2.45, 2.75) is 6.04 Å². The van der Waals surface area contributed by atoms with Crippen molar-refractivity contribution < 1.29 is 9.59 Å². The zero-order chi connectivity index (χ0) is 21.2. The third-order valence-electron chi connectivity index (χ3n) is 6.23. The molecule has 5 nitrogen and oxygen atoms in total. The number of amides is 2. The lowest BCUT2D eigenvalue weighted by Gasteiger charge is -2.48. The van der Waals surface area contributed by atoms with E-state index < -0.39 is 0 Å². The fourth-order valence-corrected chi connectivity index (χ4v) is 5.04. The van der Waals surface area contributed by atoms with Crippen LogP contribution in [0.5, 0.6) is 0 Å². The standard InChI is InChI=1S/C25H25N3O2S/c29-24(20-5-2-1-3-6-20)27-14-12-26(13-15-27)22-17-28(18-22)25(30)21-10-8-19(9-11-21)23-7-4-16-31-23/h1-11,16,22H,12-15,17-18H2. The molecule has 0 radical (unpaired) electrons. The van der Waals surface area contributed by atoms with E-state index in [4.69, 9.17) is 0 Å². The van der Waals surface area contributed by atoms with E-state index in [0.717, 1.165) is 56.0 Å². The number of likely N-dealkylation sites (tertiary alicyclic amines) is 1. The molecular formula is C25H25N3O2S. The van der Waals surface area contributed by atoms with Gasteiger partial charge in [-0.25, -0.2) is 0 Å². The van der Waals surface area contributed by atoms with Gasteiger partial charge in [-0.1, -0.05) is 36.4 Å². The Morgan fingerprint density at radius 3 is 2.00 bits per heavy atom. The Labute approximate surface area is 186 Å². The lowest BCUT2D eigenvalue weighted by Crippen LogP contribution is -2.64. The number of rotatable bonds is 4. The summed E-state index contributed by atoms with van der Waals surface area (Å²) < 4.78 is 0. The molecule has 3 aromatic rings. The smallest absolute Gasteiger partial charge is 0.253 e. The average Bonchev–Trinajstić information content (AvgIpc) is 3.34. The van der Waals surface area contributed by atoms with Crippen LogP contribution in [0.1, 0.15) is 20.7 Å². The molecule has 2 saturated heterocycles. The molecule has 6 heteroatoms. The summed E-state index contributed by atoms with van der Waals surface area (Å²) in [4.78, 5) is 32.9. The van der Waals surface area contributed by atoms with E-state index in [9.17, 15) is 9.59 Å². The Hall–Kier alpha value is -2.96. The van der Waals surface area contributed by atoms with Gasteiger partial charge in [-0.3, -0.25) is 14.5 Å². The molecule has 0 atom stereocenters. The van der Waals surface area contributed by atoms with Crippen LogP contribution in [0.3, 0.4) is 0 Å². The molecule has 2 fully saturated rings. The third-order valence-corrected chi connectivity index (χ3v) is 7.14. The number of carbonyl (C=O) groups is 2. The van der Waals surface area contributed by atoms with E-state index in [1.165, 1.54) is 4.88 Å². The van der Waals surface area contributed by atoms with Gasteiger partial charge in [0.25, 0.3) is 11.8 Å². The van der Waals surface area contributed by atoms with Gasteiger partial charge in [0.2, 0.25) is 0 Å². The fraction of sp³-hybridized carbons (Fsp3) is 0.280. The molecule has 2 amide bonds. The van der Waals surface area contributed by atoms with E-state index in [1.807, 2.05) is 70.5 Å². The zero-order valence-corrected chi connectivity index (χ0v) is 18.1. The van der Waals surface area contributed by atoms with E-state index in [0.29, 0.717) is 6.04 Å². The van der Waals surface area contributed by atoms with Crippen molar-refractivity contribution in [3.63, 3.8) is 0 Å². The summed E-state index contributed by atoms with van der Waals surface area (Å²) in [5.74, 6) is 0.212. The second kappa shape index (κ2) is 8.65. The van der Waals surface area contributed by atoms with Gasteiger partial charge < -0.3 is 9.80 Å². The van der Waals surface area contributed by atoms with Crippen molar-refractivity contribution in [3.05, 3.63) is 83.2 Å². The molecule has 158 valence electrons. The number of thiophene rings is 1. The number of benzene rings is 2. The zero-order valence-electron chi connectivity index (χ0n) is 17.3. The van der Waals surface area contributed by atoms with E-state index in [-0.39, 0.29) is 11.8 Å². The molecule has 0 unspecified atom stereocenters. The minimum Gasteiger partial charge on any atom is -0.336 e. The van der Waals surface area contributed by atoms with Crippen LogP contribution in [0.25, 0.3) is 10.4 Å². The molecule has 0 spiro atoms. The molecule has 1 aromatic heterocycles. The highest BCUT2D eigenvalue weighted by Gasteiger charge is 2.36. The first-order valence-electron chi connectivity index (χ1n) is 10.7. The Balaban J connectivity index is 1.11. The Kier molecular flexibility index (Phi) is 5.57. The van der Waals surface area contributed by atoms with Crippen LogP contribution in [0, 0.1) is 0 Å². The molecule has 0 N–H and O–H groups in total. The van der Waals surface area contributed by atoms with Crippen LogP contribution in [0.15, 0.2) is 72.1 Å². The normalized spacial score (nSPS) is 17.4. The molecule has 2 aliphatic heterocycles. The first kappa shape index (κ1) is 20.0. The highest BCUT2D eigenvalue weighted by molar-refractivity contribution is 7.13. The topological polar surface area (TPSA) is 43.9 Å². The van der Waals surface area contributed by atoms with Gasteiger partial charge in [0, 0.05) is 61.3 Å². The number of piperazine rings is 1. The van der Waals surface area contributed by atoms with Crippen LogP contribution in [0.2, 0.25) is 0 Å². The van der Waals surface area contributed by atoms with Crippen molar-refractivity contribution >= 4 is 23.2 Å². The summed E-state index contributed by atoms with van der Waals surface area (Å²) in [5, 5.41) is 2.06. The second-order valence-corrected chi connectivity index (χ2v) is 9.06. The minimum absolute atomic E-state index is 0.104. The molecule has 3 heterocycles. The summed E-state index contributed by atoms with van der Waals surface area (Å²) in [5.41, 5.74) is 2.65. The number of nitrogens with zero attached hydrogens (tertiary/aromatic N) is 3. The van der Waals surface area contributed by atoms with Crippen molar-refractivity contribution in [2.75, 3.05) is 39.3 Å². The van der Waals surface area contributed by atoms with Crippen molar-refractivity contribution in [3.8, 4) is 10.4 Å². The summed E-state index contributed by atoms with van der Waals surface area (Å²) in [6.45, 7) is 4.72. The van der Waals surface area contributed by atoms with Crippen LogP contribution < -0.4 is 0 Å². The highest BCUT2D eigenvalue weighted by Crippen LogP contribution is 2.26. The maximum Gasteiger partial charge on any atom is 0.253 e. The summed E-state index contributed by atoms with van der Waals surface area (Å²) in [6.07, 6.45) is 0. The maximum atomic E-state index is 12.8. The molecule has 0 saturated carbocycles. The Morgan fingerprint density at radius 1 is 0.710 bits per heavy atom. The molecule has 0 bridgehead atoms. The van der Waals surface area contributed by atoms with Gasteiger partial charge in [-0.2, -0.15) is 0 Å². The largest absolute Gasteiger partial charge is 0.336 e. The lowest BCUT2D eigenvalue weighted by atomic mass is 10.0. The number of carbonyl (C=O) groups excluding carboxylic acids is 2. The summed E-state index contributed by atoms with van der Waals surface area (Å²) >= 11 is 1.70. The van der Waals surface area contributed by atoms with Crippen molar-refractivity contribution in [2.24, 2.45) is 0 Å². The van der Waals surface area contributed by atoms with Gasteiger partial charge in [0.05, 0.1) is 0 Å². The summed E-state index contributed by atoms with van der Waals surface area (Å²) in [6, 6.07) is 21.9. The monoisotopic (exact) mass is 431 g/mol. The highest BCUT2D eigenvalue weighted by atomic mass is 32.1. The molecule has 31 heavy (non-hydrogen) atoms. The SMILES string of the molecule is O=C(c1ccccc1)N1CCN(C2CN(C(=O)c3ccc(-c4cccs4)cc3)C2)CC1. The summed E-state index contributed by atoms with van der Waals surface area (Å²) in [7, 11) is 0. The van der Waals surface area contributed by atoms with Crippen LogP contribution in [-0.4, -0.2) is 71.8 Å². The molecule has 2 aliphatic rings. The van der Waals surface area contributed by atoms with Crippen molar-refractivity contribution in [1.82, 2.24) is 14.7 Å². The average molecular weight is 432 g/mol. The number of hydrogen-bond acceptors (Lipinski definition) is 4. The van der Waals surface area contributed by atoms with Gasteiger partial charge in [0.1, 0.15) is 0 Å². The maximum absolute atomic E-state index is 12.8. The van der Waals surface area contributed by atoms with Gasteiger partial charge >= 0.3 is 0 Å². The van der Waals surface area contributed by atoms with Crippen molar-refractivity contribution in [1.29, 1.82) is 0 Å². The predicted octanol–water partition coefficient (Wildman–Crippen LogP) is 3.70. The lowest BCUT2D eigenvalue weighted by molar-refractivity contribution is 0.00854. The Morgan fingerprint density at radius 2 is 1.35 bits per heavy atom. The molecular weight excluding hydrogens is 406 g/mol. The Bertz CT molecular complexity index is 1040. The third kappa shape index (κ3) is 4.13. The second-order valence-electron chi connectivity index (χ2n) is 8.11. The van der Waals surface area contributed by atoms with Crippen LogP contribution in [-0.2, 0) is 0 Å². The number of hydrogen-bond donors (Lipinski definition) is 0. The molecule has 5 rings (SSSR count). The van der Waals surface area contributed by atoms with E-state index >= 15 is 0 Å². The quantitative estimate of drug-likeness (QED) is 0.633. The van der Waals surface area contributed by atoms with Gasteiger partial charge in [-0.05, 0) is 41.3 Å². The van der Waals surface area contributed by atoms with Gasteiger partial charge in [0.15, 0.2) is 0 Å². The predicted molar refractivity (Wildman–Crippen MR) is 123 cm³/mol. The molecule has 0 aliphatic carbocycles. The molecule has 2 aromatic carbocycles. The van der Waals surface area contributed by atoms with E-state index in [1.54, 1.807) is 11.3 Å². The van der Waals surface area contributed by atoms with Gasteiger partial charge in [-0.15, -0.1) is 11.3 Å². The first-order valence-corrected chi connectivity index (χ1v) is 11.6. The van der Waals surface area contributed by atoms with E-state index in [2.05, 4.69) is 16.3 Å². The van der Waals surface area contributed by atoms with Crippen LogP contribution >= 0.6 is 11.3 Å².